The largest absolute Gasteiger partial charge is 0.468 e. The Hall–Kier alpha value is -1.39. The van der Waals surface area contributed by atoms with Gasteiger partial charge in [0.15, 0.2) is 5.79 Å². The molecule has 0 amide bonds. The first kappa shape index (κ1) is 13.1. The normalized spacial score (nSPS) is 21.3. The van der Waals surface area contributed by atoms with E-state index in [0.29, 0.717) is 0 Å². The summed E-state index contributed by atoms with van der Waals surface area (Å²) in [7, 11) is 1.38. The zero-order valence-electron chi connectivity index (χ0n) is 10.9. The monoisotopic (exact) mass is 250 g/mol. The van der Waals surface area contributed by atoms with Crippen LogP contribution in [0.4, 0.5) is 0 Å². The van der Waals surface area contributed by atoms with Crippen molar-refractivity contribution >= 4 is 5.97 Å². The third kappa shape index (κ3) is 2.26. The highest BCUT2D eigenvalue weighted by Crippen LogP contribution is 2.34. The van der Waals surface area contributed by atoms with Gasteiger partial charge in [-0.1, -0.05) is 30.3 Å². The smallest absolute Gasteiger partial charge is 0.321 e. The number of esters is 1. The van der Waals surface area contributed by atoms with Gasteiger partial charge < -0.3 is 14.2 Å². The summed E-state index contributed by atoms with van der Waals surface area (Å²) >= 11 is 0. The van der Waals surface area contributed by atoms with Gasteiger partial charge >= 0.3 is 5.97 Å². The van der Waals surface area contributed by atoms with Crippen LogP contribution in [0.1, 0.15) is 19.4 Å². The lowest BCUT2D eigenvalue weighted by atomic mass is 9.81. The highest BCUT2D eigenvalue weighted by molar-refractivity contribution is 5.83. The number of hydrogen-bond acceptors (Lipinski definition) is 4. The second-order valence-electron chi connectivity index (χ2n) is 4.92. The van der Waals surface area contributed by atoms with Crippen LogP contribution in [0.5, 0.6) is 0 Å². The van der Waals surface area contributed by atoms with Crippen LogP contribution in [0.3, 0.4) is 0 Å². The number of ether oxygens (including phenoxy) is 3. The van der Waals surface area contributed by atoms with Crippen molar-refractivity contribution in [1.82, 2.24) is 0 Å². The average molecular weight is 250 g/mol. The molecule has 1 aliphatic heterocycles. The van der Waals surface area contributed by atoms with Crippen molar-refractivity contribution in [3.8, 4) is 0 Å². The fraction of sp³-hybridized carbons (Fsp3) is 0.500. The fourth-order valence-electron chi connectivity index (χ4n) is 2.03. The zero-order chi connectivity index (χ0) is 13.2. The van der Waals surface area contributed by atoms with E-state index in [4.69, 9.17) is 14.2 Å². The van der Waals surface area contributed by atoms with E-state index in [2.05, 4.69) is 0 Å². The summed E-state index contributed by atoms with van der Waals surface area (Å²) in [5.74, 6) is -0.990. The molecule has 1 aromatic carbocycles. The predicted octanol–water partition coefficient (Wildman–Crippen LogP) is 1.88. The van der Waals surface area contributed by atoms with Crippen LogP contribution in [-0.2, 0) is 24.4 Å². The molecule has 0 spiro atoms. The van der Waals surface area contributed by atoms with Gasteiger partial charge in [0.2, 0.25) is 0 Å². The maximum atomic E-state index is 12.1. The van der Waals surface area contributed by atoms with Crippen LogP contribution in [0.25, 0.3) is 0 Å². The molecule has 0 aromatic heterocycles. The van der Waals surface area contributed by atoms with E-state index < -0.39 is 11.2 Å². The van der Waals surface area contributed by atoms with Gasteiger partial charge in [-0.25, -0.2) is 0 Å². The zero-order valence-corrected chi connectivity index (χ0v) is 10.9. The van der Waals surface area contributed by atoms with Gasteiger partial charge in [-0.2, -0.15) is 0 Å². The standard InChI is InChI=1S/C14H18O4/c1-13(2)17-9-14(10-18-13,12(15)16-3)11-7-5-4-6-8-11/h4-8H,9-10H2,1-3H3. The summed E-state index contributed by atoms with van der Waals surface area (Å²) in [4.78, 5) is 12.1. The summed E-state index contributed by atoms with van der Waals surface area (Å²) in [5, 5.41) is 0. The summed E-state index contributed by atoms with van der Waals surface area (Å²) in [6.07, 6.45) is 0. The first-order valence-corrected chi connectivity index (χ1v) is 5.92. The summed E-state index contributed by atoms with van der Waals surface area (Å²) in [5.41, 5.74) is -0.0155. The quantitative estimate of drug-likeness (QED) is 0.752. The van der Waals surface area contributed by atoms with Gasteiger partial charge in [0.1, 0.15) is 5.41 Å². The van der Waals surface area contributed by atoms with Crippen LogP contribution in [0.2, 0.25) is 0 Å². The third-order valence-corrected chi connectivity index (χ3v) is 3.23. The maximum absolute atomic E-state index is 12.1. The van der Waals surface area contributed by atoms with Gasteiger partial charge in [-0.15, -0.1) is 0 Å². The van der Waals surface area contributed by atoms with Crippen molar-refractivity contribution in [3.63, 3.8) is 0 Å². The molecule has 1 fully saturated rings. The van der Waals surface area contributed by atoms with E-state index in [1.165, 1.54) is 7.11 Å². The second-order valence-corrected chi connectivity index (χ2v) is 4.92. The van der Waals surface area contributed by atoms with Crippen LogP contribution in [0, 0.1) is 0 Å². The Bertz CT molecular complexity index is 415. The Morgan fingerprint density at radius 2 is 1.72 bits per heavy atom. The Balaban J connectivity index is 2.35. The van der Waals surface area contributed by atoms with Crippen molar-refractivity contribution in [1.29, 1.82) is 0 Å². The first-order valence-electron chi connectivity index (χ1n) is 5.92. The Morgan fingerprint density at radius 3 is 2.22 bits per heavy atom. The van der Waals surface area contributed by atoms with Crippen molar-refractivity contribution in [2.75, 3.05) is 20.3 Å². The molecule has 18 heavy (non-hydrogen) atoms. The highest BCUT2D eigenvalue weighted by Gasteiger charge is 2.48. The van der Waals surface area contributed by atoms with E-state index >= 15 is 0 Å². The molecular formula is C14H18O4. The van der Waals surface area contributed by atoms with Gasteiger partial charge in [0.05, 0.1) is 20.3 Å². The second kappa shape index (κ2) is 4.71. The summed E-state index contributed by atoms with van der Waals surface area (Å²) in [6.45, 7) is 4.19. The third-order valence-electron chi connectivity index (χ3n) is 3.23. The van der Waals surface area contributed by atoms with Gasteiger partial charge in [-0.05, 0) is 19.4 Å². The number of rotatable bonds is 2. The lowest BCUT2D eigenvalue weighted by Crippen LogP contribution is -2.54. The highest BCUT2D eigenvalue weighted by atomic mass is 16.7. The van der Waals surface area contributed by atoms with E-state index in [9.17, 15) is 4.79 Å². The Kier molecular flexibility index (Phi) is 3.41. The lowest BCUT2D eigenvalue weighted by Gasteiger charge is -2.41. The maximum Gasteiger partial charge on any atom is 0.321 e. The number of hydrogen-bond donors (Lipinski definition) is 0. The molecule has 0 aliphatic carbocycles. The first-order chi connectivity index (χ1) is 8.50. The molecule has 0 unspecified atom stereocenters. The fourth-order valence-corrected chi connectivity index (χ4v) is 2.03. The van der Waals surface area contributed by atoms with Gasteiger partial charge in [0, 0.05) is 0 Å². The Labute approximate surface area is 107 Å². The van der Waals surface area contributed by atoms with E-state index in [1.807, 2.05) is 44.2 Å². The van der Waals surface area contributed by atoms with Crippen LogP contribution >= 0.6 is 0 Å². The molecule has 1 heterocycles. The van der Waals surface area contributed by atoms with Gasteiger partial charge in [0.25, 0.3) is 0 Å². The number of carbonyl (C=O) groups is 1. The number of methoxy groups -OCH3 is 1. The molecule has 4 nitrogen and oxygen atoms in total. The molecule has 1 aromatic rings. The summed E-state index contributed by atoms with van der Waals surface area (Å²) < 4.78 is 16.2. The minimum atomic E-state index is -0.870. The van der Waals surface area contributed by atoms with E-state index in [0.717, 1.165) is 5.56 Å². The molecular weight excluding hydrogens is 232 g/mol. The average Bonchev–Trinajstić information content (AvgIpc) is 2.39. The topological polar surface area (TPSA) is 44.8 Å². The molecule has 0 radical (unpaired) electrons. The molecule has 0 atom stereocenters. The number of benzene rings is 1. The Morgan fingerprint density at radius 1 is 1.17 bits per heavy atom. The van der Waals surface area contributed by atoms with E-state index in [-0.39, 0.29) is 19.2 Å². The molecule has 0 bridgehead atoms. The van der Waals surface area contributed by atoms with Crippen molar-refractivity contribution in [3.05, 3.63) is 35.9 Å². The molecule has 98 valence electrons. The van der Waals surface area contributed by atoms with Crippen LogP contribution in [-0.4, -0.2) is 32.1 Å². The predicted molar refractivity (Wildman–Crippen MR) is 66.1 cm³/mol. The SMILES string of the molecule is COC(=O)C1(c2ccccc2)COC(C)(C)OC1. The molecule has 1 aliphatic rings. The van der Waals surface area contributed by atoms with Crippen molar-refractivity contribution in [2.45, 2.75) is 25.0 Å². The number of carbonyl (C=O) groups excluding carboxylic acids is 1. The molecule has 0 saturated carbocycles. The molecule has 4 heteroatoms. The molecule has 1 saturated heterocycles. The van der Waals surface area contributed by atoms with Crippen LogP contribution in [0.15, 0.2) is 30.3 Å². The molecule has 2 rings (SSSR count). The minimum absolute atomic E-state index is 0.261. The van der Waals surface area contributed by atoms with Crippen molar-refractivity contribution in [2.24, 2.45) is 0 Å². The van der Waals surface area contributed by atoms with Crippen LogP contribution < -0.4 is 0 Å². The molecule has 0 N–H and O–H groups in total. The van der Waals surface area contributed by atoms with Crippen molar-refractivity contribution < 1.29 is 19.0 Å². The summed E-state index contributed by atoms with van der Waals surface area (Å²) in [6, 6.07) is 9.46. The van der Waals surface area contributed by atoms with E-state index in [1.54, 1.807) is 0 Å². The van der Waals surface area contributed by atoms with Gasteiger partial charge in [-0.3, -0.25) is 4.79 Å². The minimum Gasteiger partial charge on any atom is -0.468 e. The lowest BCUT2D eigenvalue weighted by molar-refractivity contribution is -0.269.